The van der Waals surface area contributed by atoms with Gasteiger partial charge in [-0.3, -0.25) is 4.99 Å². The average molecular weight is 369 g/mol. The molecule has 1 aliphatic carbocycles. The molecule has 1 saturated carbocycles. The lowest BCUT2D eigenvalue weighted by molar-refractivity contribution is 0.273. The zero-order valence-corrected chi connectivity index (χ0v) is 14.9. The van der Waals surface area contributed by atoms with Crippen molar-refractivity contribution in [2.45, 2.75) is 38.1 Å². The zero-order chi connectivity index (χ0) is 14.9. The van der Waals surface area contributed by atoms with Crippen LogP contribution in [0.1, 0.15) is 32.6 Å². The molecule has 21 heavy (non-hydrogen) atoms. The van der Waals surface area contributed by atoms with Gasteiger partial charge in [0.2, 0.25) is 0 Å². The number of hydrogen-bond acceptors (Lipinski definition) is 4. The fraction of sp³-hybridized carbons (Fsp3) is 0.562. The van der Waals surface area contributed by atoms with Crippen molar-refractivity contribution in [3.63, 3.8) is 0 Å². The van der Waals surface area contributed by atoms with Crippen LogP contribution in [0, 0.1) is 5.92 Å². The minimum atomic E-state index is 0.190. The van der Waals surface area contributed by atoms with Gasteiger partial charge in [-0.25, -0.2) is 0 Å². The van der Waals surface area contributed by atoms with E-state index in [2.05, 4.69) is 34.2 Å². The molecule has 0 radical (unpaired) electrons. The summed E-state index contributed by atoms with van der Waals surface area (Å²) >= 11 is 5.36. The van der Waals surface area contributed by atoms with E-state index in [1.807, 2.05) is 23.9 Å². The summed E-state index contributed by atoms with van der Waals surface area (Å²) in [4.78, 5) is 5.01. The number of nitrogens with one attached hydrogen (secondary N) is 1. The lowest BCUT2D eigenvalue weighted by atomic mass is 9.79. The standard InChI is InChI=1S/C16H21BrN2OS/c1-11-3-5-16(6-4-11)10-21-15(19-16)18-13-7-12(17)8-14(9-13)20-2/h7-9,11H,3-6,10H2,1-2H3,(H,18,19). The Kier molecular flexibility index (Phi) is 4.50. The molecule has 1 aliphatic heterocycles. The fourth-order valence-electron chi connectivity index (χ4n) is 2.98. The molecule has 2 aliphatic rings. The monoisotopic (exact) mass is 368 g/mol. The van der Waals surface area contributed by atoms with Gasteiger partial charge in [-0.05, 0) is 43.7 Å². The lowest BCUT2D eigenvalue weighted by Gasteiger charge is -2.32. The van der Waals surface area contributed by atoms with Crippen LogP contribution in [0.2, 0.25) is 0 Å². The highest BCUT2D eigenvalue weighted by Crippen LogP contribution is 2.41. The van der Waals surface area contributed by atoms with Crippen LogP contribution < -0.4 is 10.1 Å². The van der Waals surface area contributed by atoms with Gasteiger partial charge in [-0.2, -0.15) is 0 Å². The topological polar surface area (TPSA) is 33.6 Å². The van der Waals surface area contributed by atoms with Gasteiger partial charge in [0.25, 0.3) is 0 Å². The van der Waals surface area contributed by atoms with Crippen LogP contribution in [-0.4, -0.2) is 23.6 Å². The largest absolute Gasteiger partial charge is 0.497 e. The van der Waals surface area contributed by atoms with E-state index in [0.29, 0.717) is 0 Å². The van der Waals surface area contributed by atoms with E-state index < -0.39 is 0 Å². The Labute approximate surface area is 139 Å². The molecule has 5 heteroatoms. The smallest absolute Gasteiger partial charge is 0.161 e. The van der Waals surface area contributed by atoms with E-state index in [1.165, 1.54) is 25.7 Å². The number of hydrogen-bond donors (Lipinski definition) is 1. The van der Waals surface area contributed by atoms with E-state index in [4.69, 9.17) is 9.73 Å². The molecular formula is C16H21BrN2OS. The molecular weight excluding hydrogens is 348 g/mol. The second kappa shape index (κ2) is 6.21. The number of amidine groups is 1. The van der Waals surface area contributed by atoms with Gasteiger partial charge in [-0.1, -0.05) is 34.6 Å². The average Bonchev–Trinajstić information content (AvgIpc) is 2.85. The zero-order valence-electron chi connectivity index (χ0n) is 12.5. The molecule has 1 heterocycles. The Morgan fingerprint density at radius 3 is 2.81 bits per heavy atom. The number of ether oxygens (including phenoxy) is 1. The molecule has 0 atom stereocenters. The molecule has 1 spiro atoms. The predicted octanol–water partition coefficient (Wildman–Crippen LogP) is 4.92. The summed E-state index contributed by atoms with van der Waals surface area (Å²) in [6.45, 7) is 2.35. The van der Waals surface area contributed by atoms with Crippen molar-refractivity contribution in [3.05, 3.63) is 22.7 Å². The number of rotatable bonds is 2. The molecule has 0 amide bonds. The van der Waals surface area contributed by atoms with Gasteiger partial charge < -0.3 is 10.1 Å². The number of benzene rings is 1. The first-order valence-electron chi connectivity index (χ1n) is 7.43. The molecule has 1 aromatic rings. The van der Waals surface area contributed by atoms with E-state index in [0.717, 1.165) is 32.7 Å². The number of nitrogens with zero attached hydrogens (tertiary/aromatic N) is 1. The van der Waals surface area contributed by atoms with Crippen molar-refractivity contribution >= 4 is 38.5 Å². The van der Waals surface area contributed by atoms with Crippen LogP contribution in [0.25, 0.3) is 0 Å². The van der Waals surface area contributed by atoms with Crippen LogP contribution >= 0.6 is 27.7 Å². The van der Waals surface area contributed by atoms with E-state index in [-0.39, 0.29) is 5.54 Å². The Morgan fingerprint density at radius 2 is 2.10 bits per heavy atom. The first-order chi connectivity index (χ1) is 10.1. The minimum absolute atomic E-state index is 0.190. The molecule has 0 bridgehead atoms. The van der Waals surface area contributed by atoms with Gasteiger partial charge in [0.05, 0.1) is 12.6 Å². The summed E-state index contributed by atoms with van der Waals surface area (Å²) in [5, 5.41) is 4.49. The third-order valence-corrected chi connectivity index (χ3v) is 5.99. The highest BCUT2D eigenvalue weighted by Gasteiger charge is 2.38. The molecule has 114 valence electrons. The maximum atomic E-state index is 5.31. The molecule has 3 rings (SSSR count). The highest BCUT2D eigenvalue weighted by atomic mass is 79.9. The third kappa shape index (κ3) is 3.57. The van der Waals surface area contributed by atoms with Crippen LogP contribution in [0.3, 0.4) is 0 Å². The van der Waals surface area contributed by atoms with Gasteiger partial charge in [0.15, 0.2) is 5.17 Å². The maximum Gasteiger partial charge on any atom is 0.161 e. The second-order valence-electron chi connectivity index (χ2n) is 6.12. The minimum Gasteiger partial charge on any atom is -0.497 e. The molecule has 0 saturated heterocycles. The van der Waals surface area contributed by atoms with Crippen LogP contribution in [0.15, 0.2) is 27.7 Å². The Hall–Kier alpha value is -0.680. The lowest BCUT2D eigenvalue weighted by Crippen LogP contribution is -2.32. The van der Waals surface area contributed by atoms with Crippen molar-refractivity contribution < 1.29 is 4.74 Å². The third-order valence-electron chi connectivity index (χ3n) is 4.38. The molecule has 1 N–H and O–H groups in total. The highest BCUT2D eigenvalue weighted by molar-refractivity contribution is 9.10. The summed E-state index contributed by atoms with van der Waals surface area (Å²) in [6.07, 6.45) is 5.08. The summed E-state index contributed by atoms with van der Waals surface area (Å²) in [7, 11) is 1.69. The first-order valence-corrected chi connectivity index (χ1v) is 9.21. The molecule has 3 nitrogen and oxygen atoms in total. The maximum absolute atomic E-state index is 5.31. The molecule has 0 unspecified atom stereocenters. The van der Waals surface area contributed by atoms with Crippen LogP contribution in [0.4, 0.5) is 5.69 Å². The number of thioether (sulfide) groups is 1. The fourth-order valence-corrected chi connectivity index (χ4v) is 4.66. The van der Waals surface area contributed by atoms with Gasteiger partial charge in [0.1, 0.15) is 5.75 Å². The molecule has 1 fully saturated rings. The van der Waals surface area contributed by atoms with Gasteiger partial charge in [0, 0.05) is 22.0 Å². The van der Waals surface area contributed by atoms with Crippen molar-refractivity contribution in [1.29, 1.82) is 0 Å². The first kappa shape index (κ1) is 15.2. The summed E-state index contributed by atoms with van der Waals surface area (Å²) in [5.41, 5.74) is 1.21. The Bertz CT molecular complexity index is 553. The number of halogens is 1. The van der Waals surface area contributed by atoms with Gasteiger partial charge >= 0.3 is 0 Å². The number of anilines is 1. The SMILES string of the molecule is COc1cc(Br)cc(NC2=NC3(CCC(C)CC3)CS2)c1. The predicted molar refractivity (Wildman–Crippen MR) is 94.6 cm³/mol. The second-order valence-corrected chi connectivity index (χ2v) is 8.00. The van der Waals surface area contributed by atoms with Gasteiger partial charge in [-0.15, -0.1) is 0 Å². The molecule has 1 aromatic carbocycles. The van der Waals surface area contributed by atoms with Crippen molar-refractivity contribution in [2.75, 3.05) is 18.2 Å². The van der Waals surface area contributed by atoms with E-state index in [9.17, 15) is 0 Å². The van der Waals surface area contributed by atoms with E-state index >= 15 is 0 Å². The quantitative estimate of drug-likeness (QED) is 0.803. The van der Waals surface area contributed by atoms with Crippen molar-refractivity contribution in [2.24, 2.45) is 10.9 Å². The van der Waals surface area contributed by atoms with Crippen molar-refractivity contribution in [1.82, 2.24) is 0 Å². The Balaban J connectivity index is 1.72. The van der Waals surface area contributed by atoms with Crippen LogP contribution in [0.5, 0.6) is 5.75 Å². The Morgan fingerprint density at radius 1 is 1.33 bits per heavy atom. The number of aliphatic imine (C=N–C) groups is 1. The molecule has 0 aromatic heterocycles. The van der Waals surface area contributed by atoms with Crippen LogP contribution in [-0.2, 0) is 0 Å². The number of methoxy groups -OCH3 is 1. The normalized spacial score (nSPS) is 28.5. The summed E-state index contributed by atoms with van der Waals surface area (Å²) < 4.78 is 6.31. The van der Waals surface area contributed by atoms with E-state index in [1.54, 1.807) is 7.11 Å². The summed E-state index contributed by atoms with van der Waals surface area (Å²) in [6, 6.07) is 6.01. The van der Waals surface area contributed by atoms with Crippen molar-refractivity contribution in [3.8, 4) is 5.75 Å². The summed E-state index contributed by atoms with van der Waals surface area (Å²) in [5.74, 6) is 2.83.